The van der Waals surface area contributed by atoms with Crippen LogP contribution in [0.2, 0.25) is 0 Å². The maximum absolute atomic E-state index is 12.3. The normalized spacial score (nSPS) is 15.4. The second kappa shape index (κ2) is 7.45. The molecule has 1 amide bonds. The van der Waals surface area contributed by atoms with Gasteiger partial charge in [0.15, 0.2) is 5.82 Å². The lowest BCUT2D eigenvalue weighted by atomic mass is 10.2. The molecule has 2 aromatic rings. The summed E-state index contributed by atoms with van der Waals surface area (Å²) in [5, 5.41) is 8.71. The van der Waals surface area contributed by atoms with Crippen LogP contribution in [0, 0.1) is 0 Å². The van der Waals surface area contributed by atoms with Gasteiger partial charge in [-0.1, -0.05) is 24.6 Å². The van der Waals surface area contributed by atoms with Gasteiger partial charge in [0.1, 0.15) is 0 Å². The van der Waals surface area contributed by atoms with Gasteiger partial charge in [-0.3, -0.25) is 9.78 Å². The molecule has 0 saturated carbocycles. The highest BCUT2D eigenvalue weighted by Gasteiger charge is 2.18. The topological polar surface area (TPSA) is 89.9 Å². The molecule has 1 aliphatic rings. The Kier molecular flexibility index (Phi) is 5.12. The largest absolute Gasteiger partial charge is 0.342 e. The lowest BCUT2D eigenvalue weighted by Crippen LogP contribution is -2.33. The van der Waals surface area contributed by atoms with Gasteiger partial charge in [-0.25, -0.2) is 4.68 Å². The van der Waals surface area contributed by atoms with E-state index >= 15 is 0 Å². The Balaban J connectivity index is 1.62. The number of carbonyl (C=O) groups is 1. The van der Waals surface area contributed by atoms with Crippen LogP contribution in [-0.2, 0) is 4.79 Å². The molecule has 0 bridgehead atoms. The molecule has 23 heavy (non-hydrogen) atoms. The van der Waals surface area contributed by atoms with Gasteiger partial charge in [-0.05, 0) is 25.0 Å². The van der Waals surface area contributed by atoms with Gasteiger partial charge in [-0.15, -0.1) is 10.2 Å². The number of thioether (sulfide) groups is 1. The van der Waals surface area contributed by atoms with Crippen LogP contribution >= 0.6 is 11.8 Å². The van der Waals surface area contributed by atoms with Gasteiger partial charge in [0, 0.05) is 31.0 Å². The van der Waals surface area contributed by atoms with Crippen molar-refractivity contribution in [1.29, 1.82) is 0 Å². The Labute approximate surface area is 139 Å². The smallest absolute Gasteiger partial charge is 0.233 e. The van der Waals surface area contributed by atoms with Crippen molar-refractivity contribution in [2.45, 2.75) is 30.8 Å². The fraction of sp³-hybridized carbons (Fsp3) is 0.467. The van der Waals surface area contributed by atoms with Crippen LogP contribution in [0.1, 0.15) is 25.7 Å². The van der Waals surface area contributed by atoms with Gasteiger partial charge in [0.25, 0.3) is 0 Å². The first kappa shape index (κ1) is 15.8. The highest BCUT2D eigenvalue weighted by Crippen LogP contribution is 2.21. The van der Waals surface area contributed by atoms with Gasteiger partial charge < -0.3 is 10.7 Å². The fourth-order valence-electron chi connectivity index (χ4n) is 2.61. The van der Waals surface area contributed by atoms with Crippen LogP contribution in [0.15, 0.2) is 29.7 Å². The first-order chi connectivity index (χ1) is 11.3. The third-order valence-electron chi connectivity index (χ3n) is 3.87. The molecule has 7 nitrogen and oxygen atoms in total. The molecule has 0 unspecified atom stereocenters. The fourth-order valence-corrected chi connectivity index (χ4v) is 3.36. The molecule has 3 heterocycles. The SMILES string of the molecule is Nn1c(SCC(=O)N2CCCCCC2)nnc1-c1cccnc1. The quantitative estimate of drug-likeness (QED) is 0.675. The van der Waals surface area contributed by atoms with Crippen molar-refractivity contribution in [3.8, 4) is 11.4 Å². The van der Waals surface area contributed by atoms with Crippen molar-refractivity contribution in [3.05, 3.63) is 24.5 Å². The summed E-state index contributed by atoms with van der Waals surface area (Å²) >= 11 is 1.32. The van der Waals surface area contributed by atoms with Crippen LogP contribution in [0.4, 0.5) is 0 Å². The number of nitrogen functional groups attached to an aromatic ring is 1. The summed E-state index contributed by atoms with van der Waals surface area (Å²) < 4.78 is 1.41. The lowest BCUT2D eigenvalue weighted by Gasteiger charge is -2.19. The molecule has 0 radical (unpaired) electrons. The maximum atomic E-state index is 12.3. The molecule has 122 valence electrons. The number of pyridine rings is 1. The summed E-state index contributed by atoms with van der Waals surface area (Å²) in [6, 6.07) is 3.69. The minimum absolute atomic E-state index is 0.142. The summed E-state index contributed by atoms with van der Waals surface area (Å²) in [7, 11) is 0. The van der Waals surface area contributed by atoms with E-state index in [2.05, 4.69) is 15.2 Å². The molecule has 2 N–H and O–H groups in total. The van der Waals surface area contributed by atoms with Crippen molar-refractivity contribution >= 4 is 17.7 Å². The zero-order valence-corrected chi connectivity index (χ0v) is 13.7. The van der Waals surface area contributed by atoms with Crippen LogP contribution in [-0.4, -0.2) is 49.5 Å². The number of nitrogens with zero attached hydrogens (tertiary/aromatic N) is 5. The van der Waals surface area contributed by atoms with E-state index in [1.807, 2.05) is 17.0 Å². The zero-order valence-electron chi connectivity index (χ0n) is 12.9. The van der Waals surface area contributed by atoms with Gasteiger partial charge >= 0.3 is 0 Å². The highest BCUT2D eigenvalue weighted by molar-refractivity contribution is 7.99. The van der Waals surface area contributed by atoms with E-state index in [-0.39, 0.29) is 5.91 Å². The van der Waals surface area contributed by atoms with E-state index in [0.717, 1.165) is 31.5 Å². The maximum Gasteiger partial charge on any atom is 0.233 e. The van der Waals surface area contributed by atoms with Gasteiger partial charge in [0.05, 0.1) is 5.75 Å². The Morgan fingerprint density at radius 1 is 1.22 bits per heavy atom. The summed E-state index contributed by atoms with van der Waals surface area (Å²) in [6.07, 6.45) is 7.98. The van der Waals surface area contributed by atoms with E-state index in [4.69, 9.17) is 5.84 Å². The third kappa shape index (κ3) is 3.82. The summed E-state index contributed by atoms with van der Waals surface area (Å²) in [4.78, 5) is 18.3. The van der Waals surface area contributed by atoms with Gasteiger partial charge in [-0.2, -0.15) is 0 Å². The number of likely N-dealkylation sites (tertiary alicyclic amines) is 1. The van der Waals surface area contributed by atoms with Crippen molar-refractivity contribution in [2.24, 2.45) is 0 Å². The second-order valence-electron chi connectivity index (χ2n) is 5.50. The number of hydrogen-bond acceptors (Lipinski definition) is 6. The van der Waals surface area contributed by atoms with E-state index in [9.17, 15) is 4.79 Å². The Morgan fingerprint density at radius 3 is 2.70 bits per heavy atom. The Morgan fingerprint density at radius 2 is 2.00 bits per heavy atom. The van der Waals surface area contributed by atoms with Crippen LogP contribution in [0.3, 0.4) is 0 Å². The molecule has 0 aromatic carbocycles. The van der Waals surface area contributed by atoms with Gasteiger partial charge in [0.2, 0.25) is 11.1 Å². The summed E-state index contributed by atoms with van der Waals surface area (Å²) in [6.45, 7) is 1.71. The predicted molar refractivity (Wildman–Crippen MR) is 89.2 cm³/mol. The molecule has 0 aliphatic carbocycles. The number of hydrogen-bond donors (Lipinski definition) is 1. The Hall–Kier alpha value is -2.09. The molecule has 1 fully saturated rings. The van der Waals surface area contributed by atoms with Crippen molar-refractivity contribution in [3.63, 3.8) is 0 Å². The number of nitrogens with two attached hydrogens (primary N) is 1. The standard InChI is InChI=1S/C15H20N6OS/c16-21-14(12-6-5-7-17-10-12)18-19-15(21)23-11-13(22)20-8-3-1-2-4-9-20/h5-7,10H,1-4,8-9,11,16H2. The van der Waals surface area contributed by atoms with Crippen LogP contribution < -0.4 is 5.84 Å². The first-order valence-electron chi connectivity index (χ1n) is 7.77. The molecule has 3 rings (SSSR count). The second-order valence-corrected chi connectivity index (χ2v) is 6.44. The lowest BCUT2D eigenvalue weighted by molar-refractivity contribution is -0.128. The van der Waals surface area contributed by atoms with E-state index in [1.165, 1.54) is 29.3 Å². The molecule has 0 spiro atoms. The first-order valence-corrected chi connectivity index (χ1v) is 8.76. The molecular formula is C15H20N6OS. The number of rotatable bonds is 4. The Bertz CT molecular complexity index is 651. The van der Waals surface area contributed by atoms with Crippen molar-refractivity contribution in [2.75, 3.05) is 24.7 Å². The average molecular weight is 332 g/mol. The molecule has 0 atom stereocenters. The summed E-state index contributed by atoms with van der Waals surface area (Å²) in [5.74, 6) is 7.06. The molecule has 2 aromatic heterocycles. The average Bonchev–Trinajstić information content (AvgIpc) is 2.79. The van der Waals surface area contributed by atoms with E-state index in [1.54, 1.807) is 12.4 Å². The molecule has 1 saturated heterocycles. The van der Waals surface area contributed by atoms with E-state index < -0.39 is 0 Å². The number of aromatic nitrogens is 4. The predicted octanol–water partition coefficient (Wildman–Crippen LogP) is 1.55. The van der Waals surface area contributed by atoms with Crippen molar-refractivity contribution in [1.82, 2.24) is 24.8 Å². The minimum Gasteiger partial charge on any atom is -0.342 e. The molecule has 8 heteroatoms. The molecular weight excluding hydrogens is 312 g/mol. The number of amides is 1. The third-order valence-corrected chi connectivity index (χ3v) is 4.80. The van der Waals surface area contributed by atoms with E-state index in [0.29, 0.717) is 16.7 Å². The molecule has 1 aliphatic heterocycles. The number of carbonyl (C=O) groups excluding carboxylic acids is 1. The summed E-state index contributed by atoms with van der Waals surface area (Å²) in [5.41, 5.74) is 0.799. The van der Waals surface area contributed by atoms with Crippen LogP contribution in [0.5, 0.6) is 0 Å². The van der Waals surface area contributed by atoms with Crippen molar-refractivity contribution < 1.29 is 4.79 Å². The monoisotopic (exact) mass is 332 g/mol. The highest BCUT2D eigenvalue weighted by atomic mass is 32.2. The minimum atomic E-state index is 0.142. The van der Waals surface area contributed by atoms with Crippen LogP contribution in [0.25, 0.3) is 11.4 Å². The zero-order chi connectivity index (χ0) is 16.1.